The van der Waals surface area contributed by atoms with Gasteiger partial charge in [-0.15, -0.1) is 0 Å². The number of hydrogen-bond donors (Lipinski definition) is 3. The van der Waals surface area contributed by atoms with Crippen LogP contribution in [-0.2, 0) is 4.79 Å². The number of anilines is 2. The van der Waals surface area contributed by atoms with Crippen LogP contribution in [0.5, 0.6) is 0 Å². The number of carbonyl (C=O) groups excluding carboxylic acids is 1. The van der Waals surface area contributed by atoms with Gasteiger partial charge in [-0.05, 0) is 67.0 Å². The minimum Gasteiger partial charge on any atom is -0.385 e. The molecule has 0 aliphatic heterocycles. The van der Waals surface area contributed by atoms with Gasteiger partial charge in [0.1, 0.15) is 11.5 Å². The number of carbonyl (C=O) groups is 1. The maximum absolute atomic E-state index is 12.1. The van der Waals surface area contributed by atoms with Gasteiger partial charge in [0, 0.05) is 29.7 Å². The monoisotopic (exact) mass is 346 g/mol. The molecular formula is C21H22N4O. The molecule has 1 aromatic carbocycles. The van der Waals surface area contributed by atoms with Crippen LogP contribution in [0, 0.1) is 11.8 Å². The topological polar surface area (TPSA) is 69.8 Å². The van der Waals surface area contributed by atoms with Crippen LogP contribution in [-0.4, -0.2) is 22.4 Å². The predicted molar refractivity (Wildman–Crippen MR) is 104 cm³/mol. The van der Waals surface area contributed by atoms with Crippen LogP contribution in [0.4, 0.5) is 11.5 Å². The molecule has 2 aliphatic rings. The van der Waals surface area contributed by atoms with E-state index in [-0.39, 0.29) is 11.8 Å². The summed E-state index contributed by atoms with van der Waals surface area (Å²) in [6, 6.07) is 12.5. The number of rotatable bonds is 6. The molecule has 5 heteroatoms. The quantitative estimate of drug-likeness (QED) is 0.619. The Morgan fingerprint density at radius 2 is 1.92 bits per heavy atom. The molecular weight excluding hydrogens is 324 g/mol. The highest BCUT2D eigenvalue weighted by atomic mass is 16.2. The summed E-state index contributed by atoms with van der Waals surface area (Å²) >= 11 is 0. The molecule has 2 fully saturated rings. The molecule has 1 amide bonds. The number of hydrogen-bond acceptors (Lipinski definition) is 3. The van der Waals surface area contributed by atoms with Crippen molar-refractivity contribution in [1.29, 1.82) is 0 Å². The summed E-state index contributed by atoms with van der Waals surface area (Å²) in [4.78, 5) is 19.8. The molecule has 0 radical (unpaired) electrons. The Hall–Kier alpha value is -2.82. The third-order valence-electron chi connectivity index (χ3n) is 5.22. The minimum absolute atomic E-state index is 0.0778. The zero-order chi connectivity index (χ0) is 17.5. The van der Waals surface area contributed by atoms with Gasteiger partial charge in [-0.1, -0.05) is 12.1 Å². The molecule has 5 nitrogen and oxygen atoms in total. The summed E-state index contributed by atoms with van der Waals surface area (Å²) in [5.41, 5.74) is 4.15. The van der Waals surface area contributed by atoms with Crippen molar-refractivity contribution in [3.8, 4) is 11.1 Å². The Bertz CT molecular complexity index is 952. The number of nitrogens with one attached hydrogen (secondary N) is 3. The van der Waals surface area contributed by atoms with Crippen molar-refractivity contribution in [3.05, 3.63) is 42.6 Å². The molecule has 0 spiro atoms. The Morgan fingerprint density at radius 1 is 1.12 bits per heavy atom. The van der Waals surface area contributed by atoms with Crippen LogP contribution < -0.4 is 10.6 Å². The maximum atomic E-state index is 12.1. The van der Waals surface area contributed by atoms with E-state index in [1.807, 2.05) is 18.3 Å². The van der Waals surface area contributed by atoms with Crippen molar-refractivity contribution in [2.24, 2.45) is 11.8 Å². The highest BCUT2D eigenvalue weighted by molar-refractivity contribution is 5.99. The van der Waals surface area contributed by atoms with Crippen molar-refractivity contribution in [3.63, 3.8) is 0 Å². The smallest absolute Gasteiger partial charge is 0.228 e. The number of H-pyrrole nitrogens is 1. The number of amides is 1. The number of nitrogens with zero attached hydrogens (tertiary/aromatic N) is 1. The Labute approximate surface area is 152 Å². The van der Waals surface area contributed by atoms with Crippen molar-refractivity contribution >= 4 is 28.4 Å². The van der Waals surface area contributed by atoms with Gasteiger partial charge in [0.2, 0.25) is 5.91 Å². The van der Waals surface area contributed by atoms with E-state index in [0.29, 0.717) is 5.82 Å². The average molecular weight is 346 g/mol. The average Bonchev–Trinajstić information content (AvgIpc) is 3.57. The number of benzene rings is 1. The van der Waals surface area contributed by atoms with Gasteiger partial charge in [-0.25, -0.2) is 4.98 Å². The zero-order valence-corrected chi connectivity index (χ0v) is 14.6. The molecule has 132 valence electrons. The first kappa shape index (κ1) is 15.4. The van der Waals surface area contributed by atoms with Crippen LogP contribution in [0.25, 0.3) is 22.2 Å². The fourth-order valence-electron chi connectivity index (χ4n) is 3.27. The molecule has 2 aliphatic carbocycles. The lowest BCUT2D eigenvalue weighted by Gasteiger charge is -2.10. The lowest BCUT2D eigenvalue weighted by molar-refractivity contribution is -0.117. The predicted octanol–water partition coefficient (Wildman–Crippen LogP) is 4.40. The highest BCUT2D eigenvalue weighted by Crippen LogP contribution is 2.33. The van der Waals surface area contributed by atoms with E-state index in [9.17, 15) is 4.79 Å². The number of aromatic amines is 1. The molecule has 5 rings (SSSR count). The molecule has 2 saturated carbocycles. The fourth-order valence-corrected chi connectivity index (χ4v) is 3.27. The normalized spacial score (nSPS) is 16.6. The molecule has 3 aromatic rings. The SMILES string of the molecule is O=C(Nc1cc(-c2ccc(NCC3CC3)cc2)c2cc[nH]c2n1)C1CC1. The largest absolute Gasteiger partial charge is 0.385 e. The van der Waals surface area contributed by atoms with E-state index in [1.165, 1.54) is 12.8 Å². The summed E-state index contributed by atoms with van der Waals surface area (Å²) in [6.07, 6.45) is 6.56. The van der Waals surface area contributed by atoms with Crippen molar-refractivity contribution in [2.45, 2.75) is 25.7 Å². The maximum Gasteiger partial charge on any atom is 0.228 e. The molecule has 0 unspecified atom stereocenters. The first-order valence-corrected chi connectivity index (χ1v) is 9.39. The van der Waals surface area contributed by atoms with E-state index < -0.39 is 0 Å². The van der Waals surface area contributed by atoms with Crippen LogP contribution >= 0.6 is 0 Å². The van der Waals surface area contributed by atoms with Gasteiger partial charge >= 0.3 is 0 Å². The van der Waals surface area contributed by atoms with Gasteiger partial charge in [-0.2, -0.15) is 0 Å². The fraction of sp³-hybridized carbons (Fsp3) is 0.333. The minimum atomic E-state index is 0.0778. The lowest BCUT2D eigenvalue weighted by atomic mass is 10.0. The third-order valence-corrected chi connectivity index (χ3v) is 5.22. The summed E-state index contributed by atoms with van der Waals surface area (Å²) in [7, 11) is 0. The standard InChI is InChI=1S/C21H22N4O/c26-21(15-3-4-15)25-19-11-18(17-9-10-22-20(17)24-19)14-5-7-16(8-6-14)23-12-13-1-2-13/h5-11,13,15,23H,1-4,12H2,(H2,22,24,25,26). The second kappa shape index (κ2) is 6.16. The van der Waals surface area contributed by atoms with Gasteiger partial charge < -0.3 is 15.6 Å². The number of aromatic nitrogens is 2. The van der Waals surface area contributed by atoms with Crippen LogP contribution in [0.3, 0.4) is 0 Å². The summed E-state index contributed by atoms with van der Waals surface area (Å²) < 4.78 is 0. The summed E-state index contributed by atoms with van der Waals surface area (Å²) in [6.45, 7) is 1.06. The molecule has 2 heterocycles. The van der Waals surface area contributed by atoms with Gasteiger partial charge in [-0.3, -0.25) is 4.79 Å². The van der Waals surface area contributed by atoms with Gasteiger partial charge in [0.05, 0.1) is 0 Å². The van der Waals surface area contributed by atoms with Crippen molar-refractivity contribution < 1.29 is 4.79 Å². The Kier molecular flexibility index (Phi) is 3.66. The second-order valence-corrected chi connectivity index (χ2v) is 7.46. The lowest BCUT2D eigenvalue weighted by Crippen LogP contribution is -2.14. The first-order chi connectivity index (χ1) is 12.8. The van der Waals surface area contributed by atoms with Crippen molar-refractivity contribution in [1.82, 2.24) is 9.97 Å². The van der Waals surface area contributed by atoms with E-state index in [2.05, 4.69) is 44.9 Å². The molecule has 0 bridgehead atoms. The molecule has 0 atom stereocenters. The molecule has 0 saturated heterocycles. The van der Waals surface area contributed by atoms with Gasteiger partial charge in [0.15, 0.2) is 0 Å². The first-order valence-electron chi connectivity index (χ1n) is 9.39. The van der Waals surface area contributed by atoms with Gasteiger partial charge in [0.25, 0.3) is 0 Å². The van der Waals surface area contributed by atoms with E-state index in [4.69, 9.17) is 0 Å². The summed E-state index contributed by atoms with van der Waals surface area (Å²) in [5, 5.41) is 7.53. The van der Waals surface area contributed by atoms with Crippen LogP contribution in [0.1, 0.15) is 25.7 Å². The summed E-state index contributed by atoms with van der Waals surface area (Å²) in [5.74, 6) is 1.71. The molecule has 26 heavy (non-hydrogen) atoms. The highest BCUT2D eigenvalue weighted by Gasteiger charge is 2.30. The zero-order valence-electron chi connectivity index (χ0n) is 14.6. The Morgan fingerprint density at radius 3 is 2.65 bits per heavy atom. The van der Waals surface area contributed by atoms with Crippen LogP contribution in [0.2, 0.25) is 0 Å². The Balaban J connectivity index is 1.44. The number of pyridine rings is 1. The molecule has 2 aromatic heterocycles. The van der Waals surface area contributed by atoms with Crippen molar-refractivity contribution in [2.75, 3.05) is 17.2 Å². The van der Waals surface area contributed by atoms with E-state index in [0.717, 1.165) is 53.2 Å². The third kappa shape index (κ3) is 3.17. The molecule has 3 N–H and O–H groups in total. The van der Waals surface area contributed by atoms with E-state index in [1.54, 1.807) is 0 Å². The van der Waals surface area contributed by atoms with Crippen LogP contribution in [0.15, 0.2) is 42.6 Å². The van der Waals surface area contributed by atoms with E-state index >= 15 is 0 Å². The number of fused-ring (bicyclic) bond motifs is 1. The second-order valence-electron chi connectivity index (χ2n) is 7.46.